The van der Waals surface area contributed by atoms with Crippen molar-refractivity contribution in [3.8, 4) is 0 Å². The van der Waals surface area contributed by atoms with Crippen LogP contribution in [0, 0.1) is 17.5 Å². The molecular formula is C22H26F3N3O. The zero-order chi connectivity index (χ0) is 20.7. The van der Waals surface area contributed by atoms with Gasteiger partial charge in [-0.2, -0.15) is 0 Å². The maximum atomic E-state index is 13.9. The summed E-state index contributed by atoms with van der Waals surface area (Å²) in [4.78, 5) is 4.41. The first kappa shape index (κ1) is 21.2. The molecule has 1 aliphatic rings. The van der Waals surface area contributed by atoms with Crippen molar-refractivity contribution in [3.05, 3.63) is 71.0 Å². The molecule has 0 aromatic heterocycles. The van der Waals surface area contributed by atoms with Gasteiger partial charge in [0, 0.05) is 37.3 Å². The Morgan fingerprint density at radius 2 is 1.69 bits per heavy atom. The van der Waals surface area contributed by atoms with Gasteiger partial charge in [0.2, 0.25) is 0 Å². The topological polar surface area (TPSA) is 45.7 Å². The highest BCUT2D eigenvalue weighted by molar-refractivity contribution is 5.79. The summed E-state index contributed by atoms with van der Waals surface area (Å²) in [6, 6.07) is 9.91. The molecule has 0 atom stereocenters. The van der Waals surface area contributed by atoms with Crippen LogP contribution in [-0.4, -0.2) is 32.3 Å². The van der Waals surface area contributed by atoms with Crippen LogP contribution >= 0.6 is 0 Å². The smallest absolute Gasteiger partial charge is 0.191 e. The van der Waals surface area contributed by atoms with E-state index in [1.807, 2.05) is 19.1 Å². The van der Waals surface area contributed by atoms with Gasteiger partial charge < -0.3 is 15.4 Å². The molecule has 156 valence electrons. The maximum Gasteiger partial charge on any atom is 0.191 e. The number of hydrogen-bond acceptors (Lipinski definition) is 2. The van der Waals surface area contributed by atoms with Crippen LogP contribution in [-0.2, 0) is 16.7 Å². The number of aliphatic imine (C=N–C) groups is 1. The third kappa shape index (κ3) is 5.50. The lowest BCUT2D eigenvalue weighted by molar-refractivity contribution is 0.0513. The van der Waals surface area contributed by atoms with Gasteiger partial charge in [0.05, 0.1) is 6.54 Å². The summed E-state index contributed by atoms with van der Waals surface area (Å²) in [7, 11) is 0. The van der Waals surface area contributed by atoms with Crippen LogP contribution in [0.2, 0.25) is 0 Å². The van der Waals surface area contributed by atoms with Crippen molar-refractivity contribution >= 4 is 5.96 Å². The highest BCUT2D eigenvalue weighted by Crippen LogP contribution is 2.34. The monoisotopic (exact) mass is 405 g/mol. The molecule has 1 saturated heterocycles. The predicted octanol–water partition coefficient (Wildman–Crippen LogP) is 3.91. The van der Waals surface area contributed by atoms with E-state index in [4.69, 9.17) is 4.74 Å². The zero-order valence-electron chi connectivity index (χ0n) is 16.5. The van der Waals surface area contributed by atoms with Gasteiger partial charge in [-0.3, -0.25) is 0 Å². The Morgan fingerprint density at radius 1 is 1.00 bits per heavy atom. The van der Waals surface area contributed by atoms with Gasteiger partial charge >= 0.3 is 0 Å². The number of nitrogens with one attached hydrogen (secondary N) is 2. The largest absolute Gasteiger partial charge is 0.381 e. The molecule has 0 saturated carbocycles. The average Bonchev–Trinajstić information content (AvgIpc) is 2.73. The fourth-order valence-electron chi connectivity index (χ4n) is 3.56. The minimum atomic E-state index is -0.493. The van der Waals surface area contributed by atoms with E-state index in [1.54, 1.807) is 0 Å². The second kappa shape index (κ2) is 9.78. The number of benzene rings is 2. The van der Waals surface area contributed by atoms with Crippen molar-refractivity contribution in [1.82, 2.24) is 10.6 Å². The first-order chi connectivity index (χ1) is 14.0. The summed E-state index contributed by atoms with van der Waals surface area (Å²) >= 11 is 0. The van der Waals surface area contributed by atoms with Gasteiger partial charge in [0.1, 0.15) is 17.5 Å². The van der Waals surface area contributed by atoms with Gasteiger partial charge in [-0.05, 0) is 55.7 Å². The zero-order valence-corrected chi connectivity index (χ0v) is 16.5. The van der Waals surface area contributed by atoms with E-state index in [0.29, 0.717) is 32.3 Å². The lowest BCUT2D eigenvalue weighted by atomic mass is 9.74. The van der Waals surface area contributed by atoms with Gasteiger partial charge in [0.15, 0.2) is 5.96 Å². The summed E-state index contributed by atoms with van der Waals surface area (Å²) in [5.74, 6) is -0.731. The molecule has 2 aromatic rings. The van der Waals surface area contributed by atoms with Crippen molar-refractivity contribution in [2.45, 2.75) is 31.7 Å². The Balaban J connectivity index is 1.76. The number of hydrogen-bond donors (Lipinski definition) is 2. The van der Waals surface area contributed by atoms with Gasteiger partial charge in [-0.1, -0.05) is 12.1 Å². The van der Waals surface area contributed by atoms with E-state index in [-0.39, 0.29) is 23.3 Å². The van der Waals surface area contributed by atoms with Gasteiger partial charge in [0.25, 0.3) is 0 Å². The van der Waals surface area contributed by atoms with Crippen LogP contribution in [0.3, 0.4) is 0 Å². The van der Waals surface area contributed by atoms with Crippen molar-refractivity contribution < 1.29 is 17.9 Å². The summed E-state index contributed by atoms with van der Waals surface area (Å²) in [5, 5.41) is 6.46. The maximum absolute atomic E-state index is 13.9. The second-order valence-electron chi connectivity index (χ2n) is 7.18. The van der Waals surface area contributed by atoms with Gasteiger partial charge in [-0.15, -0.1) is 0 Å². The highest BCUT2D eigenvalue weighted by atomic mass is 19.1. The molecule has 0 bridgehead atoms. The van der Waals surface area contributed by atoms with E-state index < -0.39 is 11.6 Å². The molecule has 7 heteroatoms. The summed E-state index contributed by atoms with van der Waals surface area (Å²) in [5.41, 5.74) is 1.02. The third-order valence-electron chi connectivity index (χ3n) is 5.26. The van der Waals surface area contributed by atoms with E-state index in [2.05, 4.69) is 15.6 Å². The average molecular weight is 405 g/mol. The van der Waals surface area contributed by atoms with Crippen LogP contribution in [0.15, 0.2) is 47.5 Å². The third-order valence-corrected chi connectivity index (χ3v) is 5.26. The van der Waals surface area contributed by atoms with Crippen LogP contribution in [0.5, 0.6) is 0 Å². The summed E-state index contributed by atoms with van der Waals surface area (Å²) in [6.07, 6.45) is 1.59. The van der Waals surface area contributed by atoms with Gasteiger partial charge in [-0.25, -0.2) is 18.2 Å². The second-order valence-corrected chi connectivity index (χ2v) is 7.18. The number of rotatable bonds is 6. The molecule has 1 heterocycles. The number of guanidine groups is 1. The molecule has 29 heavy (non-hydrogen) atoms. The minimum absolute atomic E-state index is 0.0194. The SMILES string of the molecule is CCNC(=NCc1cc(F)ccc1F)NCC1(c2ccc(F)cc2)CCOCC1. The number of halogens is 3. The molecule has 0 unspecified atom stereocenters. The number of nitrogens with zero attached hydrogens (tertiary/aromatic N) is 1. The summed E-state index contributed by atoms with van der Waals surface area (Å²) in [6.45, 7) is 4.40. The van der Waals surface area contributed by atoms with E-state index in [9.17, 15) is 13.2 Å². The van der Waals surface area contributed by atoms with Crippen LogP contribution < -0.4 is 10.6 Å². The first-order valence-corrected chi connectivity index (χ1v) is 9.82. The Hall–Kier alpha value is -2.54. The molecule has 1 fully saturated rings. The van der Waals surface area contributed by atoms with Crippen molar-refractivity contribution in [2.24, 2.45) is 4.99 Å². The standard InChI is InChI=1S/C22H26F3N3O/c1-2-26-21(27-14-16-13-19(24)7-8-20(16)25)28-15-22(9-11-29-12-10-22)17-3-5-18(23)6-4-17/h3-8,13H,2,9-12,14-15H2,1H3,(H2,26,27,28). The minimum Gasteiger partial charge on any atom is -0.381 e. The summed E-state index contributed by atoms with van der Waals surface area (Å²) < 4.78 is 46.2. The molecule has 1 aliphatic heterocycles. The van der Waals surface area contributed by atoms with Crippen molar-refractivity contribution in [1.29, 1.82) is 0 Å². The molecule has 2 N–H and O–H groups in total. The van der Waals surface area contributed by atoms with E-state index >= 15 is 0 Å². The first-order valence-electron chi connectivity index (χ1n) is 9.82. The highest BCUT2D eigenvalue weighted by Gasteiger charge is 2.34. The Bertz CT molecular complexity index is 834. The predicted molar refractivity (Wildman–Crippen MR) is 107 cm³/mol. The Morgan fingerprint density at radius 3 is 2.38 bits per heavy atom. The Labute approximate surface area is 169 Å². The molecule has 0 aliphatic carbocycles. The van der Waals surface area contributed by atoms with E-state index in [1.165, 1.54) is 12.1 Å². The van der Waals surface area contributed by atoms with Crippen LogP contribution in [0.4, 0.5) is 13.2 Å². The molecule has 2 aromatic carbocycles. The molecule has 3 rings (SSSR count). The molecule has 0 amide bonds. The lowest BCUT2D eigenvalue weighted by Crippen LogP contribution is -2.48. The van der Waals surface area contributed by atoms with E-state index in [0.717, 1.165) is 36.6 Å². The number of ether oxygens (including phenoxy) is 1. The molecular weight excluding hydrogens is 379 g/mol. The Kier molecular flexibility index (Phi) is 7.14. The van der Waals surface area contributed by atoms with Crippen LogP contribution in [0.1, 0.15) is 30.9 Å². The molecule has 0 spiro atoms. The fraction of sp³-hybridized carbons (Fsp3) is 0.409. The van der Waals surface area contributed by atoms with Crippen LogP contribution in [0.25, 0.3) is 0 Å². The molecule has 4 nitrogen and oxygen atoms in total. The van der Waals surface area contributed by atoms with Crippen molar-refractivity contribution in [3.63, 3.8) is 0 Å². The fourth-order valence-corrected chi connectivity index (χ4v) is 3.56. The van der Waals surface area contributed by atoms with Crippen molar-refractivity contribution in [2.75, 3.05) is 26.3 Å². The lowest BCUT2D eigenvalue weighted by Gasteiger charge is -2.38. The normalized spacial score (nSPS) is 16.5. The quantitative estimate of drug-likeness (QED) is 0.566. The molecule has 0 radical (unpaired) electrons.